The predicted octanol–water partition coefficient (Wildman–Crippen LogP) is 4.22. The number of fused-ring (bicyclic) bond motifs is 1. The number of nitrogens with one attached hydrogen (secondary N) is 2. The first kappa shape index (κ1) is 21.3. The molecule has 1 atom stereocenters. The zero-order valence-electron chi connectivity index (χ0n) is 17.9. The monoisotopic (exact) mass is 433 g/mol. The van der Waals surface area contributed by atoms with Crippen LogP contribution in [0.15, 0.2) is 59.3 Å². The topological polar surface area (TPSA) is 61.4 Å². The number of hydrogen-bond acceptors (Lipinski definition) is 4. The first-order valence-corrected chi connectivity index (χ1v) is 11.5. The van der Waals surface area contributed by atoms with Crippen molar-refractivity contribution in [3.05, 3.63) is 87.1 Å². The predicted molar refractivity (Wildman–Crippen MR) is 125 cm³/mol. The maximum absolute atomic E-state index is 12.6. The van der Waals surface area contributed by atoms with Crippen LogP contribution in [0.4, 0.5) is 5.69 Å². The molecule has 1 aliphatic rings. The number of hydrogen-bond donors (Lipinski definition) is 2. The van der Waals surface area contributed by atoms with Crippen LogP contribution in [0.5, 0.6) is 0 Å². The summed E-state index contributed by atoms with van der Waals surface area (Å²) < 4.78 is 0. The molecule has 2 amide bonds. The molecule has 0 radical (unpaired) electrons. The summed E-state index contributed by atoms with van der Waals surface area (Å²) in [6.07, 6.45) is 0.984. The van der Waals surface area contributed by atoms with Gasteiger partial charge in [0.1, 0.15) is 0 Å². The van der Waals surface area contributed by atoms with E-state index < -0.39 is 11.8 Å². The molecule has 2 N–H and O–H groups in total. The van der Waals surface area contributed by atoms with Crippen LogP contribution in [-0.4, -0.2) is 29.8 Å². The Bertz CT molecular complexity index is 1060. The van der Waals surface area contributed by atoms with Gasteiger partial charge in [0.25, 0.3) is 0 Å². The normalized spacial score (nSPS) is 14.5. The van der Waals surface area contributed by atoms with E-state index in [1.54, 1.807) is 11.3 Å². The summed E-state index contributed by atoms with van der Waals surface area (Å²) in [6.45, 7) is 5.98. The second-order valence-electron chi connectivity index (χ2n) is 7.99. The van der Waals surface area contributed by atoms with Gasteiger partial charge in [0.2, 0.25) is 0 Å². The molecule has 4 rings (SSSR count). The number of amides is 2. The highest BCUT2D eigenvalue weighted by Gasteiger charge is 2.26. The van der Waals surface area contributed by atoms with Crippen LogP contribution in [0.25, 0.3) is 0 Å². The van der Waals surface area contributed by atoms with Crippen molar-refractivity contribution < 1.29 is 9.59 Å². The van der Waals surface area contributed by atoms with E-state index in [0.29, 0.717) is 12.2 Å². The highest BCUT2D eigenvalue weighted by molar-refractivity contribution is 7.08. The zero-order valence-corrected chi connectivity index (χ0v) is 18.7. The second-order valence-corrected chi connectivity index (χ2v) is 8.77. The number of rotatable bonds is 5. The fourth-order valence-corrected chi connectivity index (χ4v) is 4.86. The van der Waals surface area contributed by atoms with E-state index in [1.807, 2.05) is 32.0 Å². The fourth-order valence-electron chi connectivity index (χ4n) is 4.16. The molecule has 0 aliphatic carbocycles. The summed E-state index contributed by atoms with van der Waals surface area (Å²) in [5.74, 6) is -1.24. The summed E-state index contributed by atoms with van der Waals surface area (Å²) >= 11 is 1.64. The van der Waals surface area contributed by atoms with E-state index in [-0.39, 0.29) is 6.04 Å². The summed E-state index contributed by atoms with van der Waals surface area (Å²) in [6, 6.07) is 16.4. The van der Waals surface area contributed by atoms with E-state index in [1.165, 1.54) is 16.7 Å². The number of benzene rings is 2. The summed E-state index contributed by atoms with van der Waals surface area (Å²) in [4.78, 5) is 27.5. The Morgan fingerprint density at radius 1 is 1.00 bits per heavy atom. The molecule has 0 fully saturated rings. The Hall–Kier alpha value is -2.96. The minimum Gasteiger partial charge on any atom is -0.346 e. The summed E-state index contributed by atoms with van der Waals surface area (Å²) in [7, 11) is 0. The van der Waals surface area contributed by atoms with Crippen LogP contribution in [0.2, 0.25) is 0 Å². The molecule has 2 aromatic carbocycles. The third kappa shape index (κ3) is 4.86. The van der Waals surface area contributed by atoms with Crippen molar-refractivity contribution in [1.82, 2.24) is 10.2 Å². The van der Waals surface area contributed by atoms with Crippen LogP contribution in [0.3, 0.4) is 0 Å². The quantitative estimate of drug-likeness (QED) is 0.593. The third-order valence-corrected chi connectivity index (χ3v) is 6.61. The number of carbonyl (C=O) groups is 2. The van der Waals surface area contributed by atoms with Gasteiger partial charge < -0.3 is 10.6 Å². The smallest absolute Gasteiger partial charge is 0.313 e. The average Bonchev–Trinajstić information content (AvgIpc) is 3.30. The maximum Gasteiger partial charge on any atom is 0.313 e. The van der Waals surface area contributed by atoms with Gasteiger partial charge >= 0.3 is 11.8 Å². The van der Waals surface area contributed by atoms with E-state index in [0.717, 1.165) is 30.6 Å². The lowest BCUT2D eigenvalue weighted by atomic mass is 9.97. The molecule has 1 aliphatic heterocycles. The van der Waals surface area contributed by atoms with Crippen molar-refractivity contribution in [2.24, 2.45) is 0 Å². The van der Waals surface area contributed by atoms with Crippen molar-refractivity contribution in [3.63, 3.8) is 0 Å². The van der Waals surface area contributed by atoms with E-state index in [2.05, 4.69) is 56.6 Å². The van der Waals surface area contributed by atoms with E-state index in [4.69, 9.17) is 0 Å². The van der Waals surface area contributed by atoms with Gasteiger partial charge in [0, 0.05) is 25.3 Å². The molecule has 0 bridgehead atoms. The van der Waals surface area contributed by atoms with E-state index >= 15 is 0 Å². The lowest BCUT2D eigenvalue weighted by Crippen LogP contribution is -2.43. The highest BCUT2D eigenvalue weighted by Crippen LogP contribution is 2.28. The van der Waals surface area contributed by atoms with Crippen LogP contribution in [0, 0.1) is 13.8 Å². The lowest BCUT2D eigenvalue weighted by Gasteiger charge is -2.35. The Labute approximate surface area is 187 Å². The molecule has 0 saturated carbocycles. The Kier molecular flexibility index (Phi) is 6.49. The first-order valence-electron chi connectivity index (χ1n) is 10.5. The molecule has 0 spiro atoms. The van der Waals surface area contributed by atoms with Crippen molar-refractivity contribution >= 4 is 28.8 Å². The number of para-hydroxylation sites is 1. The molecule has 160 valence electrons. The number of aryl methyl sites for hydroxylation is 2. The van der Waals surface area contributed by atoms with Gasteiger partial charge in [0.15, 0.2) is 0 Å². The molecule has 1 aromatic heterocycles. The number of anilines is 1. The van der Waals surface area contributed by atoms with Gasteiger partial charge in [0.05, 0.1) is 6.04 Å². The van der Waals surface area contributed by atoms with Crippen LogP contribution < -0.4 is 10.6 Å². The number of thiophene rings is 1. The SMILES string of the molecule is Cc1cccc(C)c1NC(=O)C(=O)NCC(c1ccsc1)N1CCc2ccccc2C1. The third-order valence-electron chi connectivity index (χ3n) is 5.91. The molecule has 0 saturated heterocycles. The fraction of sp³-hybridized carbons (Fsp3) is 0.280. The van der Waals surface area contributed by atoms with Gasteiger partial charge in [-0.05, 0) is 64.9 Å². The Morgan fingerprint density at radius 2 is 1.74 bits per heavy atom. The number of carbonyl (C=O) groups excluding carboxylic acids is 2. The van der Waals surface area contributed by atoms with Gasteiger partial charge in [-0.2, -0.15) is 11.3 Å². The Balaban J connectivity index is 1.44. The first-order chi connectivity index (χ1) is 15.0. The zero-order chi connectivity index (χ0) is 21.8. The lowest BCUT2D eigenvalue weighted by molar-refractivity contribution is -0.136. The molecule has 1 unspecified atom stereocenters. The van der Waals surface area contributed by atoms with Crippen LogP contribution in [0.1, 0.15) is 33.9 Å². The average molecular weight is 434 g/mol. The minimum atomic E-state index is -0.634. The molecule has 3 aromatic rings. The molecular weight excluding hydrogens is 406 g/mol. The summed E-state index contributed by atoms with van der Waals surface area (Å²) in [5, 5.41) is 9.80. The largest absolute Gasteiger partial charge is 0.346 e. The van der Waals surface area contributed by atoms with Crippen molar-refractivity contribution in [3.8, 4) is 0 Å². The van der Waals surface area contributed by atoms with Gasteiger partial charge in [-0.15, -0.1) is 0 Å². The second kappa shape index (κ2) is 9.45. The van der Waals surface area contributed by atoms with Crippen LogP contribution in [-0.2, 0) is 22.6 Å². The maximum atomic E-state index is 12.6. The molecular formula is C25H27N3O2S. The molecule has 5 nitrogen and oxygen atoms in total. The van der Waals surface area contributed by atoms with Gasteiger partial charge in [-0.3, -0.25) is 14.5 Å². The molecule has 2 heterocycles. The Morgan fingerprint density at radius 3 is 2.45 bits per heavy atom. The summed E-state index contributed by atoms with van der Waals surface area (Å²) in [5.41, 5.74) is 6.45. The van der Waals surface area contributed by atoms with Crippen molar-refractivity contribution in [1.29, 1.82) is 0 Å². The number of nitrogens with zero attached hydrogens (tertiary/aromatic N) is 1. The van der Waals surface area contributed by atoms with Crippen molar-refractivity contribution in [2.45, 2.75) is 32.9 Å². The highest BCUT2D eigenvalue weighted by atomic mass is 32.1. The van der Waals surface area contributed by atoms with Crippen molar-refractivity contribution in [2.75, 3.05) is 18.4 Å². The minimum absolute atomic E-state index is 0.0246. The van der Waals surface area contributed by atoms with Gasteiger partial charge in [-0.25, -0.2) is 0 Å². The van der Waals surface area contributed by atoms with Crippen LogP contribution >= 0.6 is 11.3 Å². The standard InChI is InChI=1S/C25H27N3O2S/c1-17-6-5-7-18(2)23(17)27-25(30)24(29)26-14-22(21-11-13-31-16-21)28-12-10-19-8-3-4-9-20(19)15-28/h3-9,11,13,16,22H,10,12,14-15H2,1-2H3,(H,26,29)(H,27,30). The van der Waals surface area contributed by atoms with E-state index in [9.17, 15) is 9.59 Å². The molecule has 6 heteroatoms. The molecule has 31 heavy (non-hydrogen) atoms. The van der Waals surface area contributed by atoms with Gasteiger partial charge in [-0.1, -0.05) is 42.5 Å².